The van der Waals surface area contributed by atoms with E-state index in [4.69, 9.17) is 9.47 Å². The fraction of sp³-hybridized carbons (Fsp3) is 0.0625. The van der Waals surface area contributed by atoms with Crippen molar-refractivity contribution in [2.75, 3.05) is 0 Å². The van der Waals surface area contributed by atoms with Crippen molar-refractivity contribution in [3.8, 4) is 5.75 Å². The molecule has 0 aliphatic carbocycles. The maximum Gasteiger partial charge on any atom is 0.348 e. The Morgan fingerprint density at radius 2 is 1.28 bits per heavy atom. The van der Waals surface area contributed by atoms with Gasteiger partial charge in [0, 0.05) is 11.1 Å². The van der Waals surface area contributed by atoms with Gasteiger partial charge in [-0.1, -0.05) is 103 Å². The van der Waals surface area contributed by atoms with E-state index in [0.717, 1.165) is 22.3 Å². The highest BCUT2D eigenvalue weighted by molar-refractivity contribution is 6.22. The number of hydrogen-bond donors (Lipinski definition) is 0. The summed E-state index contributed by atoms with van der Waals surface area (Å²) in [5.41, 5.74) is 4.96. The summed E-state index contributed by atoms with van der Waals surface area (Å²) in [5, 5.41) is 0. The highest BCUT2D eigenvalue weighted by Crippen LogP contribution is 2.41. The molecule has 0 atom stereocenters. The van der Waals surface area contributed by atoms with Gasteiger partial charge in [0.05, 0.1) is 5.57 Å². The summed E-state index contributed by atoms with van der Waals surface area (Å²) in [5.74, 6) is -0.617. The molecule has 4 aromatic carbocycles. The van der Waals surface area contributed by atoms with E-state index in [9.17, 15) is 9.59 Å². The molecular formula is C32H24O4. The molecule has 0 N–H and O–H groups in total. The van der Waals surface area contributed by atoms with Crippen LogP contribution in [0.3, 0.4) is 0 Å². The van der Waals surface area contributed by atoms with Crippen LogP contribution in [-0.4, -0.2) is 11.9 Å². The molecule has 0 radical (unpaired) electrons. The number of esters is 2. The average molecular weight is 473 g/mol. The van der Waals surface area contributed by atoms with Crippen LogP contribution < -0.4 is 4.74 Å². The zero-order valence-corrected chi connectivity index (χ0v) is 20.0. The SMILES string of the molecule is Cc1ccccc1OC(=O)C1=C(c2ccccc2)OC(=O)/C1=C(/c1ccccc1)c1ccccc1C. The van der Waals surface area contributed by atoms with Gasteiger partial charge in [0.15, 0.2) is 5.76 Å². The molecule has 1 aliphatic rings. The summed E-state index contributed by atoms with van der Waals surface area (Å²) in [4.78, 5) is 27.4. The molecule has 0 saturated carbocycles. The smallest absolute Gasteiger partial charge is 0.348 e. The predicted octanol–water partition coefficient (Wildman–Crippen LogP) is 6.68. The minimum atomic E-state index is -0.647. The normalized spacial score (nSPS) is 14.4. The quantitative estimate of drug-likeness (QED) is 0.185. The molecule has 4 heteroatoms. The number of cyclic esters (lactones) is 1. The molecule has 0 saturated heterocycles. The van der Waals surface area contributed by atoms with Gasteiger partial charge in [0.1, 0.15) is 11.3 Å². The highest BCUT2D eigenvalue weighted by Gasteiger charge is 2.39. The summed E-state index contributed by atoms with van der Waals surface area (Å²) >= 11 is 0. The van der Waals surface area contributed by atoms with E-state index < -0.39 is 11.9 Å². The maximum absolute atomic E-state index is 13.8. The van der Waals surface area contributed by atoms with Crippen molar-refractivity contribution in [2.45, 2.75) is 13.8 Å². The molecule has 5 rings (SSSR count). The number of ether oxygens (including phenoxy) is 2. The minimum Gasteiger partial charge on any atom is -0.423 e. The van der Waals surface area contributed by atoms with Gasteiger partial charge in [0.2, 0.25) is 0 Å². The van der Waals surface area contributed by atoms with Crippen molar-refractivity contribution in [1.29, 1.82) is 0 Å². The van der Waals surface area contributed by atoms with E-state index in [2.05, 4.69) is 0 Å². The molecule has 36 heavy (non-hydrogen) atoms. The van der Waals surface area contributed by atoms with Crippen LogP contribution in [0, 0.1) is 13.8 Å². The Labute approximate surface area is 210 Å². The average Bonchev–Trinajstić information content (AvgIpc) is 3.25. The molecule has 0 aromatic heterocycles. The first kappa shape index (κ1) is 23.1. The Hall–Kier alpha value is -4.70. The Kier molecular flexibility index (Phi) is 6.33. The monoisotopic (exact) mass is 472 g/mol. The van der Waals surface area contributed by atoms with E-state index >= 15 is 0 Å². The third-order valence-corrected chi connectivity index (χ3v) is 6.14. The second-order valence-electron chi connectivity index (χ2n) is 8.55. The summed E-state index contributed by atoms with van der Waals surface area (Å²) in [7, 11) is 0. The van der Waals surface area contributed by atoms with Crippen LogP contribution in [0.2, 0.25) is 0 Å². The Balaban J connectivity index is 1.80. The van der Waals surface area contributed by atoms with Gasteiger partial charge < -0.3 is 9.47 Å². The molecule has 4 aromatic rings. The van der Waals surface area contributed by atoms with Crippen molar-refractivity contribution in [1.82, 2.24) is 0 Å². The molecule has 0 unspecified atom stereocenters. The summed E-state index contributed by atoms with van der Waals surface area (Å²) in [6.45, 7) is 3.84. The minimum absolute atomic E-state index is 0.108. The number of hydrogen-bond acceptors (Lipinski definition) is 4. The molecule has 0 spiro atoms. The van der Waals surface area contributed by atoms with Crippen molar-refractivity contribution in [2.24, 2.45) is 0 Å². The lowest BCUT2D eigenvalue weighted by atomic mass is 9.87. The van der Waals surface area contributed by atoms with Gasteiger partial charge in [-0.25, -0.2) is 9.59 Å². The van der Waals surface area contributed by atoms with Crippen molar-refractivity contribution < 1.29 is 19.1 Å². The van der Waals surface area contributed by atoms with Crippen LogP contribution in [-0.2, 0) is 14.3 Å². The van der Waals surface area contributed by atoms with E-state index in [1.165, 1.54) is 0 Å². The van der Waals surface area contributed by atoms with E-state index in [-0.39, 0.29) is 16.9 Å². The lowest BCUT2D eigenvalue weighted by molar-refractivity contribution is -0.132. The highest BCUT2D eigenvalue weighted by atomic mass is 16.6. The van der Waals surface area contributed by atoms with Crippen LogP contribution in [0.15, 0.2) is 120 Å². The van der Waals surface area contributed by atoms with Gasteiger partial charge in [-0.3, -0.25) is 0 Å². The zero-order chi connectivity index (χ0) is 25.1. The number of carbonyl (C=O) groups excluding carboxylic acids is 2. The Morgan fingerprint density at radius 3 is 1.94 bits per heavy atom. The first-order chi connectivity index (χ1) is 17.5. The molecule has 4 nitrogen and oxygen atoms in total. The number of carbonyl (C=O) groups is 2. The van der Waals surface area contributed by atoms with Gasteiger partial charge in [0.25, 0.3) is 0 Å². The third-order valence-electron chi connectivity index (χ3n) is 6.14. The zero-order valence-electron chi connectivity index (χ0n) is 20.0. The van der Waals surface area contributed by atoms with Gasteiger partial charge in [-0.05, 0) is 42.2 Å². The number of benzene rings is 4. The predicted molar refractivity (Wildman–Crippen MR) is 140 cm³/mol. The molecular weight excluding hydrogens is 448 g/mol. The molecule has 1 aliphatic heterocycles. The lowest BCUT2D eigenvalue weighted by Crippen LogP contribution is -2.16. The summed E-state index contributed by atoms with van der Waals surface area (Å²) in [6.07, 6.45) is 0. The maximum atomic E-state index is 13.8. The lowest BCUT2D eigenvalue weighted by Gasteiger charge is -2.15. The Bertz CT molecular complexity index is 1510. The van der Waals surface area contributed by atoms with Gasteiger partial charge in [-0.15, -0.1) is 0 Å². The standard InChI is InChI=1S/C32H24O4/c1-21-13-9-11-19-25(21)27(23-15-5-3-6-16-23)28-29(32(34)35-26-20-12-10-14-22(26)2)30(36-31(28)33)24-17-7-4-8-18-24/h3-20H,1-2H3/b28-27-. The fourth-order valence-electron chi connectivity index (χ4n) is 4.34. The number of aryl methyl sites for hydroxylation is 2. The van der Waals surface area contributed by atoms with E-state index in [1.54, 1.807) is 12.1 Å². The molecule has 0 fully saturated rings. The second-order valence-corrected chi connectivity index (χ2v) is 8.55. The molecule has 176 valence electrons. The largest absolute Gasteiger partial charge is 0.423 e. The molecule has 1 heterocycles. The van der Waals surface area contributed by atoms with Crippen LogP contribution in [0.25, 0.3) is 11.3 Å². The molecule has 0 bridgehead atoms. The van der Waals surface area contributed by atoms with E-state index in [0.29, 0.717) is 16.9 Å². The van der Waals surface area contributed by atoms with Crippen LogP contribution >= 0.6 is 0 Å². The van der Waals surface area contributed by atoms with Crippen molar-refractivity contribution in [3.63, 3.8) is 0 Å². The van der Waals surface area contributed by atoms with Gasteiger partial charge in [-0.2, -0.15) is 0 Å². The van der Waals surface area contributed by atoms with Crippen LogP contribution in [0.4, 0.5) is 0 Å². The fourth-order valence-corrected chi connectivity index (χ4v) is 4.34. The van der Waals surface area contributed by atoms with E-state index in [1.807, 2.05) is 111 Å². The first-order valence-electron chi connectivity index (χ1n) is 11.7. The summed E-state index contributed by atoms with van der Waals surface area (Å²) in [6, 6.07) is 33.8. The topological polar surface area (TPSA) is 52.6 Å². The van der Waals surface area contributed by atoms with Crippen LogP contribution in [0.5, 0.6) is 5.75 Å². The van der Waals surface area contributed by atoms with Crippen molar-refractivity contribution in [3.05, 3.63) is 148 Å². The number of para-hydroxylation sites is 1. The number of rotatable bonds is 5. The van der Waals surface area contributed by atoms with Crippen LogP contribution in [0.1, 0.15) is 27.8 Å². The Morgan fingerprint density at radius 1 is 0.694 bits per heavy atom. The second kappa shape index (κ2) is 9.88. The third kappa shape index (κ3) is 4.37. The van der Waals surface area contributed by atoms with Crippen molar-refractivity contribution >= 4 is 23.3 Å². The molecule has 0 amide bonds. The first-order valence-corrected chi connectivity index (χ1v) is 11.7. The van der Waals surface area contributed by atoms with Gasteiger partial charge >= 0.3 is 11.9 Å². The summed E-state index contributed by atoms with van der Waals surface area (Å²) < 4.78 is 11.7.